The first-order valence-electron chi connectivity index (χ1n) is 11.2. The summed E-state index contributed by atoms with van der Waals surface area (Å²) >= 11 is 3.75. The molecule has 190 valence electrons. The average Bonchev–Trinajstić information content (AvgIpc) is 2.92. The predicted molar refractivity (Wildman–Crippen MR) is 136 cm³/mol. The van der Waals surface area contributed by atoms with Crippen molar-refractivity contribution in [2.45, 2.75) is 67.9 Å². The summed E-state index contributed by atoms with van der Waals surface area (Å²) in [4.78, 5) is 25.0. The number of hydrogen-bond donors (Lipinski definition) is 1. The lowest BCUT2D eigenvalue weighted by Gasteiger charge is -2.36. The molecule has 2 aromatic rings. The molecule has 1 fully saturated rings. The van der Waals surface area contributed by atoms with E-state index in [4.69, 9.17) is 4.74 Å². The minimum atomic E-state index is -3.98. The number of aryl methyl sites for hydroxylation is 1. The molecule has 1 heterocycles. The van der Waals surface area contributed by atoms with Crippen molar-refractivity contribution in [1.82, 2.24) is 9.62 Å². The quantitative estimate of drug-likeness (QED) is 0.305. The van der Waals surface area contributed by atoms with E-state index in [2.05, 4.69) is 20.7 Å². The summed E-state index contributed by atoms with van der Waals surface area (Å²) in [7, 11) is -3.98. The fraction of sp³-hybridized carbons (Fsp3) is 0.458. The van der Waals surface area contributed by atoms with Gasteiger partial charge in [-0.05, 0) is 63.8 Å². The second-order valence-electron chi connectivity index (χ2n) is 9.60. The lowest BCUT2D eigenvalue weighted by atomic mass is 9.96. The number of nitro groups is 1. The van der Waals surface area contributed by atoms with Crippen molar-refractivity contribution in [3.8, 4) is 0 Å². The minimum absolute atomic E-state index is 0.0815. The monoisotopic (exact) mass is 567 g/mol. The smallest absolute Gasteiger partial charge is 0.410 e. The zero-order valence-electron chi connectivity index (χ0n) is 20.1. The highest BCUT2D eigenvalue weighted by atomic mass is 79.9. The normalized spacial score (nSPS) is 21.3. The molecule has 0 aromatic heterocycles. The summed E-state index contributed by atoms with van der Waals surface area (Å²) in [5.74, 6) is 0. The molecule has 1 saturated heterocycles. The fourth-order valence-corrected chi connectivity index (χ4v) is 6.17. The first kappa shape index (κ1) is 27.1. The highest BCUT2D eigenvalue weighted by Gasteiger charge is 2.39. The van der Waals surface area contributed by atoms with Gasteiger partial charge in [0.2, 0.25) is 10.0 Å². The molecule has 0 saturated carbocycles. The number of nitrogens with zero attached hydrogens (tertiary/aromatic N) is 2. The standard InChI is InChI=1S/C24H30BrN3O6S/c1-16-7-5-6-8-20(16)22-21(25)14-9-17(15-27(22)23(29)34-24(2,3)4)26-35(32,33)19-12-10-18(11-13-19)28(30)31/h5-8,10-13,17,21-22,26H,9,14-15H2,1-4H3/t17-,21+,22-/m1/s1. The summed E-state index contributed by atoms with van der Waals surface area (Å²) in [5, 5.41) is 10.9. The van der Waals surface area contributed by atoms with Gasteiger partial charge in [-0.2, -0.15) is 0 Å². The Bertz CT molecular complexity index is 1180. The Morgan fingerprint density at radius 2 is 1.77 bits per heavy atom. The molecule has 1 aliphatic heterocycles. The first-order chi connectivity index (χ1) is 16.3. The molecule has 0 unspecified atom stereocenters. The number of nitro benzene ring substituents is 1. The SMILES string of the molecule is Cc1ccccc1[C@@H]1[C@@H](Br)CC[C@@H](NS(=O)(=O)c2ccc([N+](=O)[O-])cc2)CN1C(=O)OC(C)(C)C. The topological polar surface area (TPSA) is 119 Å². The Labute approximate surface area is 214 Å². The number of amides is 1. The zero-order chi connectivity index (χ0) is 26.0. The Kier molecular flexibility index (Phi) is 8.23. The van der Waals surface area contributed by atoms with Crippen LogP contribution in [0.15, 0.2) is 53.4 Å². The maximum Gasteiger partial charge on any atom is 0.410 e. The Balaban J connectivity index is 1.93. The van der Waals surface area contributed by atoms with Gasteiger partial charge < -0.3 is 4.74 Å². The molecule has 1 amide bonds. The van der Waals surface area contributed by atoms with E-state index in [0.29, 0.717) is 12.8 Å². The lowest BCUT2D eigenvalue weighted by Crippen LogP contribution is -2.47. The average molecular weight is 568 g/mol. The van der Waals surface area contributed by atoms with Gasteiger partial charge in [-0.1, -0.05) is 40.2 Å². The number of benzene rings is 2. The van der Waals surface area contributed by atoms with Crippen LogP contribution in [0.5, 0.6) is 0 Å². The number of alkyl halides is 1. The van der Waals surface area contributed by atoms with E-state index >= 15 is 0 Å². The number of carbonyl (C=O) groups is 1. The number of non-ortho nitro benzene ring substituents is 1. The number of rotatable bonds is 5. The Hall–Kier alpha value is -2.50. The van der Waals surface area contributed by atoms with E-state index in [1.807, 2.05) is 31.2 Å². The van der Waals surface area contributed by atoms with Crippen LogP contribution in [0.1, 0.15) is 50.8 Å². The van der Waals surface area contributed by atoms with E-state index in [-0.39, 0.29) is 28.0 Å². The molecule has 2 aromatic carbocycles. The number of hydrogen-bond acceptors (Lipinski definition) is 6. The number of nitrogens with one attached hydrogen (secondary N) is 1. The highest BCUT2D eigenvalue weighted by Crippen LogP contribution is 2.37. The zero-order valence-corrected chi connectivity index (χ0v) is 22.5. The van der Waals surface area contributed by atoms with Crippen LogP contribution in [-0.2, 0) is 14.8 Å². The van der Waals surface area contributed by atoms with Crippen molar-refractivity contribution in [3.63, 3.8) is 0 Å². The van der Waals surface area contributed by atoms with Crippen LogP contribution >= 0.6 is 15.9 Å². The van der Waals surface area contributed by atoms with Crippen molar-refractivity contribution >= 4 is 37.7 Å². The highest BCUT2D eigenvalue weighted by molar-refractivity contribution is 9.09. The van der Waals surface area contributed by atoms with Gasteiger partial charge in [-0.15, -0.1) is 0 Å². The maximum atomic E-state index is 13.3. The van der Waals surface area contributed by atoms with Crippen LogP contribution in [0.4, 0.5) is 10.5 Å². The third-order valence-corrected chi connectivity index (χ3v) is 8.20. The third-order valence-electron chi connectivity index (χ3n) is 5.70. The number of likely N-dealkylation sites (tertiary alicyclic amines) is 1. The van der Waals surface area contributed by atoms with Gasteiger partial charge in [-0.3, -0.25) is 15.0 Å². The molecule has 9 nitrogen and oxygen atoms in total. The van der Waals surface area contributed by atoms with E-state index in [9.17, 15) is 23.3 Å². The number of ether oxygens (including phenoxy) is 1. The summed E-state index contributed by atoms with van der Waals surface area (Å²) in [5.41, 5.74) is 1.05. The van der Waals surface area contributed by atoms with Crippen LogP contribution in [0, 0.1) is 17.0 Å². The molecular weight excluding hydrogens is 538 g/mol. The number of halogens is 1. The molecular formula is C24H30BrN3O6S. The summed E-state index contributed by atoms with van der Waals surface area (Å²) in [6.45, 7) is 7.42. The van der Waals surface area contributed by atoms with Crippen LogP contribution in [-0.4, -0.2) is 47.3 Å². The third kappa shape index (κ3) is 6.80. The van der Waals surface area contributed by atoms with Crippen molar-refractivity contribution in [2.24, 2.45) is 0 Å². The summed E-state index contributed by atoms with van der Waals surface area (Å²) in [6, 6.07) is 11.5. The molecule has 0 radical (unpaired) electrons. The molecule has 35 heavy (non-hydrogen) atoms. The Morgan fingerprint density at radius 1 is 1.14 bits per heavy atom. The molecule has 1 aliphatic rings. The van der Waals surface area contributed by atoms with Gasteiger partial charge in [0.25, 0.3) is 5.69 Å². The van der Waals surface area contributed by atoms with E-state index in [0.717, 1.165) is 23.3 Å². The van der Waals surface area contributed by atoms with Gasteiger partial charge in [0.15, 0.2) is 0 Å². The van der Waals surface area contributed by atoms with Crippen LogP contribution in [0.25, 0.3) is 0 Å². The molecule has 11 heteroatoms. The Morgan fingerprint density at radius 3 is 2.34 bits per heavy atom. The van der Waals surface area contributed by atoms with E-state index < -0.39 is 32.7 Å². The van der Waals surface area contributed by atoms with Gasteiger partial charge in [0.1, 0.15) is 5.60 Å². The molecule has 0 aliphatic carbocycles. The van der Waals surface area contributed by atoms with E-state index in [1.165, 1.54) is 12.1 Å². The maximum absolute atomic E-state index is 13.3. The van der Waals surface area contributed by atoms with Gasteiger partial charge in [-0.25, -0.2) is 17.9 Å². The van der Waals surface area contributed by atoms with E-state index in [1.54, 1.807) is 25.7 Å². The second-order valence-corrected chi connectivity index (χ2v) is 12.5. The number of carbonyl (C=O) groups excluding carboxylic acids is 1. The first-order valence-corrected chi connectivity index (χ1v) is 13.6. The molecule has 3 rings (SSSR count). The van der Waals surface area contributed by atoms with Crippen LogP contribution < -0.4 is 4.72 Å². The van der Waals surface area contributed by atoms with Crippen molar-refractivity contribution in [1.29, 1.82) is 0 Å². The molecule has 0 spiro atoms. The van der Waals surface area contributed by atoms with Crippen LogP contribution in [0.2, 0.25) is 0 Å². The van der Waals surface area contributed by atoms with Crippen molar-refractivity contribution in [3.05, 3.63) is 69.8 Å². The minimum Gasteiger partial charge on any atom is -0.444 e. The summed E-state index contributed by atoms with van der Waals surface area (Å²) < 4.78 is 34.5. The second kappa shape index (κ2) is 10.6. The molecule has 1 N–H and O–H groups in total. The summed E-state index contributed by atoms with van der Waals surface area (Å²) in [6.07, 6.45) is 0.548. The van der Waals surface area contributed by atoms with Crippen molar-refractivity contribution < 1.29 is 22.9 Å². The van der Waals surface area contributed by atoms with Gasteiger partial charge in [0.05, 0.1) is 15.9 Å². The largest absolute Gasteiger partial charge is 0.444 e. The predicted octanol–water partition coefficient (Wildman–Crippen LogP) is 5.09. The lowest BCUT2D eigenvalue weighted by molar-refractivity contribution is -0.384. The van der Waals surface area contributed by atoms with Gasteiger partial charge in [0, 0.05) is 29.5 Å². The molecule has 3 atom stereocenters. The van der Waals surface area contributed by atoms with Crippen LogP contribution in [0.3, 0.4) is 0 Å². The fourth-order valence-electron chi connectivity index (χ4n) is 4.08. The van der Waals surface area contributed by atoms with Gasteiger partial charge >= 0.3 is 6.09 Å². The molecule has 0 bridgehead atoms. The van der Waals surface area contributed by atoms with Crippen molar-refractivity contribution in [2.75, 3.05) is 6.54 Å². The number of sulfonamides is 1.